The summed E-state index contributed by atoms with van der Waals surface area (Å²) < 4.78 is 15.6. The molecular formula is C19H22O4. The summed E-state index contributed by atoms with van der Waals surface area (Å²) in [6.07, 6.45) is 1.05. The van der Waals surface area contributed by atoms with Crippen LogP contribution in [0, 0.1) is 0 Å². The minimum Gasteiger partial charge on any atom is -0.493 e. The van der Waals surface area contributed by atoms with Crippen LogP contribution in [-0.4, -0.2) is 32.9 Å². The second-order valence-corrected chi connectivity index (χ2v) is 5.28. The van der Waals surface area contributed by atoms with Gasteiger partial charge in [-0.1, -0.05) is 24.3 Å². The van der Waals surface area contributed by atoms with Crippen molar-refractivity contribution in [2.24, 2.45) is 0 Å². The first-order valence-electron chi connectivity index (χ1n) is 7.58. The number of rotatable bonds is 7. The molecular weight excluding hydrogens is 292 g/mol. The lowest BCUT2D eigenvalue weighted by Crippen LogP contribution is -2.10. The molecule has 2 rings (SSSR count). The van der Waals surface area contributed by atoms with Crippen LogP contribution in [0.1, 0.15) is 23.7 Å². The number of esters is 1. The average molecular weight is 314 g/mol. The number of carbonyl (C=O) groups excluding carboxylic acids is 1. The Labute approximate surface area is 137 Å². The summed E-state index contributed by atoms with van der Waals surface area (Å²) in [4.78, 5) is 11.4. The van der Waals surface area contributed by atoms with Crippen LogP contribution in [0.4, 0.5) is 0 Å². The van der Waals surface area contributed by atoms with Crippen LogP contribution in [0.15, 0.2) is 48.5 Å². The van der Waals surface area contributed by atoms with E-state index in [-0.39, 0.29) is 12.1 Å². The minimum atomic E-state index is -0.328. The van der Waals surface area contributed by atoms with Crippen molar-refractivity contribution in [2.45, 2.75) is 19.4 Å². The van der Waals surface area contributed by atoms with Gasteiger partial charge in [0.1, 0.15) is 5.75 Å². The first-order chi connectivity index (χ1) is 11.1. The molecule has 0 heterocycles. The Morgan fingerprint density at radius 3 is 2.04 bits per heavy atom. The maximum Gasteiger partial charge on any atom is 0.337 e. The molecule has 0 aromatic heterocycles. The van der Waals surface area contributed by atoms with Gasteiger partial charge in [-0.15, -0.1) is 0 Å². The van der Waals surface area contributed by atoms with E-state index < -0.39 is 0 Å². The molecule has 2 aromatic rings. The van der Waals surface area contributed by atoms with Crippen molar-refractivity contribution < 1.29 is 19.0 Å². The molecule has 0 N–H and O–H groups in total. The van der Waals surface area contributed by atoms with E-state index >= 15 is 0 Å². The van der Waals surface area contributed by atoms with Gasteiger partial charge >= 0.3 is 5.97 Å². The highest BCUT2D eigenvalue weighted by atomic mass is 16.5. The van der Waals surface area contributed by atoms with E-state index in [0.29, 0.717) is 12.2 Å². The van der Waals surface area contributed by atoms with Crippen LogP contribution < -0.4 is 4.74 Å². The van der Waals surface area contributed by atoms with E-state index in [1.165, 1.54) is 7.11 Å². The first-order valence-corrected chi connectivity index (χ1v) is 7.58. The van der Waals surface area contributed by atoms with Crippen molar-refractivity contribution in [1.82, 2.24) is 0 Å². The standard InChI is InChI=1S/C19H22O4/c1-14(21-2)12-13-23-18-10-8-16(9-11-18)15-4-6-17(7-5-15)19(20)22-3/h4-11,14H,12-13H2,1-3H3. The van der Waals surface area contributed by atoms with Gasteiger partial charge in [-0.25, -0.2) is 4.79 Å². The fourth-order valence-corrected chi connectivity index (χ4v) is 2.12. The molecule has 0 spiro atoms. The molecule has 1 unspecified atom stereocenters. The van der Waals surface area contributed by atoms with E-state index in [9.17, 15) is 4.79 Å². The molecule has 0 aliphatic carbocycles. The van der Waals surface area contributed by atoms with Crippen LogP contribution in [-0.2, 0) is 9.47 Å². The van der Waals surface area contributed by atoms with Crippen LogP contribution in [0.25, 0.3) is 11.1 Å². The molecule has 0 aliphatic rings. The SMILES string of the molecule is COC(=O)c1ccc(-c2ccc(OCCC(C)OC)cc2)cc1. The molecule has 4 nitrogen and oxygen atoms in total. The molecule has 0 saturated carbocycles. The van der Waals surface area contributed by atoms with Gasteiger partial charge in [0.15, 0.2) is 0 Å². The molecule has 0 saturated heterocycles. The number of methoxy groups -OCH3 is 2. The van der Waals surface area contributed by atoms with E-state index in [4.69, 9.17) is 14.2 Å². The zero-order chi connectivity index (χ0) is 16.7. The molecule has 4 heteroatoms. The summed E-state index contributed by atoms with van der Waals surface area (Å²) in [6.45, 7) is 2.65. The molecule has 0 amide bonds. The summed E-state index contributed by atoms with van der Waals surface area (Å²) in [5.41, 5.74) is 2.65. The fourth-order valence-electron chi connectivity index (χ4n) is 2.12. The topological polar surface area (TPSA) is 44.8 Å². The normalized spacial score (nSPS) is 11.8. The molecule has 0 bridgehead atoms. The number of benzene rings is 2. The van der Waals surface area contributed by atoms with Crippen molar-refractivity contribution >= 4 is 5.97 Å². The summed E-state index contributed by atoms with van der Waals surface area (Å²) in [5.74, 6) is 0.508. The van der Waals surface area contributed by atoms with Crippen LogP contribution in [0.5, 0.6) is 5.75 Å². The van der Waals surface area contributed by atoms with Gasteiger partial charge in [0.05, 0.1) is 25.4 Å². The van der Waals surface area contributed by atoms with Crippen molar-refractivity contribution in [2.75, 3.05) is 20.8 Å². The largest absolute Gasteiger partial charge is 0.493 e. The number of hydrogen-bond donors (Lipinski definition) is 0. The molecule has 122 valence electrons. The maximum atomic E-state index is 11.4. The second-order valence-electron chi connectivity index (χ2n) is 5.28. The quantitative estimate of drug-likeness (QED) is 0.726. The van der Waals surface area contributed by atoms with Gasteiger partial charge in [0, 0.05) is 13.5 Å². The third-order valence-electron chi connectivity index (χ3n) is 3.69. The fraction of sp³-hybridized carbons (Fsp3) is 0.316. The zero-order valence-electron chi connectivity index (χ0n) is 13.7. The van der Waals surface area contributed by atoms with Crippen molar-refractivity contribution in [1.29, 1.82) is 0 Å². The van der Waals surface area contributed by atoms with Crippen molar-refractivity contribution in [3.05, 3.63) is 54.1 Å². The second kappa shape index (κ2) is 8.34. The number of ether oxygens (including phenoxy) is 3. The minimum absolute atomic E-state index is 0.197. The van der Waals surface area contributed by atoms with Gasteiger partial charge in [-0.2, -0.15) is 0 Å². The molecule has 23 heavy (non-hydrogen) atoms. The van der Waals surface area contributed by atoms with Gasteiger partial charge in [0.25, 0.3) is 0 Å². The molecule has 0 fully saturated rings. The van der Waals surface area contributed by atoms with Gasteiger partial charge < -0.3 is 14.2 Å². The Hall–Kier alpha value is -2.33. The molecule has 2 aromatic carbocycles. The Morgan fingerprint density at radius 2 is 1.52 bits per heavy atom. The van der Waals surface area contributed by atoms with Gasteiger partial charge in [-0.05, 0) is 42.3 Å². The average Bonchev–Trinajstić information content (AvgIpc) is 2.61. The third-order valence-corrected chi connectivity index (χ3v) is 3.69. The van der Waals surface area contributed by atoms with Crippen molar-refractivity contribution in [3.63, 3.8) is 0 Å². The molecule has 1 atom stereocenters. The summed E-state index contributed by atoms with van der Waals surface area (Å²) >= 11 is 0. The van der Waals surface area contributed by atoms with Gasteiger partial charge in [-0.3, -0.25) is 0 Å². The van der Waals surface area contributed by atoms with E-state index in [2.05, 4.69) is 0 Å². The predicted molar refractivity (Wildman–Crippen MR) is 89.8 cm³/mol. The molecule has 0 radical (unpaired) electrons. The number of carbonyl (C=O) groups is 1. The molecule has 0 aliphatic heterocycles. The lowest BCUT2D eigenvalue weighted by atomic mass is 10.0. The maximum absolute atomic E-state index is 11.4. The zero-order valence-corrected chi connectivity index (χ0v) is 13.7. The third kappa shape index (κ3) is 4.83. The van der Waals surface area contributed by atoms with E-state index in [1.54, 1.807) is 19.2 Å². The smallest absolute Gasteiger partial charge is 0.337 e. The lowest BCUT2D eigenvalue weighted by Gasteiger charge is -2.11. The Balaban J connectivity index is 1.97. The summed E-state index contributed by atoms with van der Waals surface area (Å²) in [7, 11) is 3.08. The Morgan fingerprint density at radius 1 is 0.957 bits per heavy atom. The van der Waals surface area contributed by atoms with Crippen LogP contribution in [0.3, 0.4) is 0 Å². The Bertz CT molecular complexity index is 617. The highest BCUT2D eigenvalue weighted by Gasteiger charge is 2.05. The van der Waals surface area contributed by atoms with Crippen LogP contribution >= 0.6 is 0 Å². The monoisotopic (exact) mass is 314 g/mol. The first kappa shape index (κ1) is 17.0. The lowest BCUT2D eigenvalue weighted by molar-refractivity contribution is 0.0600. The predicted octanol–water partition coefficient (Wildman–Crippen LogP) is 3.94. The highest BCUT2D eigenvalue weighted by molar-refractivity contribution is 5.89. The number of hydrogen-bond acceptors (Lipinski definition) is 4. The summed E-state index contributed by atoms with van der Waals surface area (Å²) in [6, 6.07) is 15.2. The highest BCUT2D eigenvalue weighted by Crippen LogP contribution is 2.23. The Kier molecular flexibility index (Phi) is 6.18. The van der Waals surface area contributed by atoms with Crippen LogP contribution in [0.2, 0.25) is 0 Å². The van der Waals surface area contributed by atoms with Crippen molar-refractivity contribution in [3.8, 4) is 16.9 Å². The summed E-state index contributed by atoms with van der Waals surface area (Å²) in [5, 5.41) is 0. The van der Waals surface area contributed by atoms with Gasteiger partial charge in [0.2, 0.25) is 0 Å². The van der Waals surface area contributed by atoms with E-state index in [0.717, 1.165) is 23.3 Å². The van der Waals surface area contributed by atoms with E-state index in [1.807, 2.05) is 43.3 Å².